The fourth-order valence-corrected chi connectivity index (χ4v) is 1.81. The maximum Gasteiger partial charge on any atom is 0.127 e. The Balaban J connectivity index is 2.03. The molecule has 1 aromatic rings. The van der Waals surface area contributed by atoms with Gasteiger partial charge in [-0.25, -0.2) is 0 Å². The number of aromatic hydroxyl groups is 1. The summed E-state index contributed by atoms with van der Waals surface area (Å²) in [6, 6.07) is 5.40. The van der Waals surface area contributed by atoms with E-state index in [2.05, 4.69) is 5.32 Å². The summed E-state index contributed by atoms with van der Waals surface area (Å²) in [4.78, 5) is 0. The lowest BCUT2D eigenvalue weighted by molar-refractivity contribution is 0.0205. The van der Waals surface area contributed by atoms with E-state index in [1.165, 1.54) is 0 Å². The van der Waals surface area contributed by atoms with Gasteiger partial charge in [0.2, 0.25) is 0 Å². The van der Waals surface area contributed by atoms with Crippen molar-refractivity contribution >= 4 is 0 Å². The summed E-state index contributed by atoms with van der Waals surface area (Å²) in [5, 5.41) is 12.8. The molecule has 0 saturated carbocycles. The molecule has 0 fully saturated rings. The Morgan fingerprint density at radius 3 is 3.00 bits per heavy atom. The molecule has 1 aliphatic heterocycles. The second-order valence-electron chi connectivity index (χ2n) is 4.93. The molecule has 0 radical (unpaired) electrons. The van der Waals surface area contributed by atoms with Gasteiger partial charge in [-0.2, -0.15) is 0 Å². The molecule has 94 valence electrons. The molecule has 0 saturated heterocycles. The van der Waals surface area contributed by atoms with Crippen LogP contribution in [0.4, 0.5) is 0 Å². The van der Waals surface area contributed by atoms with Crippen LogP contribution in [0.25, 0.3) is 0 Å². The number of fused-ring (bicyclic) bond motifs is 1. The fraction of sp³-hybridized carbons (Fsp3) is 0.538. The third-order valence-corrected chi connectivity index (χ3v) is 3.10. The molecular weight excluding hydrogens is 218 g/mol. The van der Waals surface area contributed by atoms with Crippen LogP contribution in [0.5, 0.6) is 11.5 Å². The zero-order chi connectivity index (χ0) is 12.5. The van der Waals surface area contributed by atoms with Crippen LogP contribution in [0.3, 0.4) is 0 Å². The topological polar surface area (TPSA) is 50.7 Å². The van der Waals surface area contributed by atoms with Crippen LogP contribution < -0.4 is 10.1 Å². The Labute approximate surface area is 102 Å². The molecule has 0 aromatic heterocycles. The predicted octanol–water partition coefficient (Wildman–Crippen LogP) is 1.84. The van der Waals surface area contributed by atoms with Gasteiger partial charge < -0.3 is 19.9 Å². The Bertz CT molecular complexity index is 404. The summed E-state index contributed by atoms with van der Waals surface area (Å²) in [5.41, 5.74) is 0.898. The number of phenols is 1. The van der Waals surface area contributed by atoms with Crippen molar-refractivity contribution in [1.29, 1.82) is 0 Å². The number of methoxy groups -OCH3 is 1. The summed E-state index contributed by atoms with van der Waals surface area (Å²) in [5.74, 6) is 0.999. The largest absolute Gasteiger partial charge is 0.508 e. The number of ether oxygens (including phenoxy) is 2. The molecule has 0 aliphatic carbocycles. The first-order chi connectivity index (χ1) is 8.02. The highest BCUT2D eigenvalue weighted by atomic mass is 16.5. The number of hydrogen-bond acceptors (Lipinski definition) is 4. The maximum atomic E-state index is 9.36. The maximum absolute atomic E-state index is 9.36. The Hall–Kier alpha value is -1.26. The first-order valence-corrected chi connectivity index (χ1v) is 5.76. The van der Waals surface area contributed by atoms with E-state index >= 15 is 0 Å². The van der Waals surface area contributed by atoms with Crippen LogP contribution in [0.15, 0.2) is 18.2 Å². The van der Waals surface area contributed by atoms with Crippen molar-refractivity contribution in [1.82, 2.24) is 5.32 Å². The van der Waals surface area contributed by atoms with E-state index in [1.54, 1.807) is 19.2 Å². The van der Waals surface area contributed by atoms with Crippen molar-refractivity contribution in [3.63, 3.8) is 0 Å². The van der Waals surface area contributed by atoms with Crippen LogP contribution in [-0.4, -0.2) is 31.0 Å². The van der Waals surface area contributed by atoms with E-state index in [9.17, 15) is 5.11 Å². The van der Waals surface area contributed by atoms with Crippen molar-refractivity contribution < 1.29 is 14.6 Å². The Kier molecular flexibility index (Phi) is 3.26. The average molecular weight is 237 g/mol. The molecule has 4 heteroatoms. The number of rotatable bonds is 4. The van der Waals surface area contributed by atoms with Crippen molar-refractivity contribution in [2.45, 2.75) is 25.5 Å². The van der Waals surface area contributed by atoms with E-state index in [1.807, 2.05) is 19.9 Å². The highest BCUT2D eigenvalue weighted by Gasteiger charge is 2.26. The molecule has 2 N–H and O–H groups in total. The second-order valence-corrected chi connectivity index (χ2v) is 4.93. The highest BCUT2D eigenvalue weighted by Crippen LogP contribution is 2.34. The molecule has 4 nitrogen and oxygen atoms in total. The minimum absolute atomic E-state index is 0.167. The molecule has 0 spiro atoms. The van der Waals surface area contributed by atoms with Gasteiger partial charge in [0.05, 0.1) is 11.6 Å². The zero-order valence-electron chi connectivity index (χ0n) is 10.5. The summed E-state index contributed by atoms with van der Waals surface area (Å²) in [7, 11) is 1.71. The van der Waals surface area contributed by atoms with Crippen LogP contribution in [0.1, 0.15) is 25.5 Å². The third-order valence-electron chi connectivity index (χ3n) is 3.10. The molecule has 1 aromatic carbocycles. The zero-order valence-corrected chi connectivity index (χ0v) is 10.5. The molecule has 17 heavy (non-hydrogen) atoms. The SMILES string of the molecule is COC(C)(C)CNC1COc2cc(O)ccc21. The molecule has 0 amide bonds. The van der Waals surface area contributed by atoms with Gasteiger partial charge in [-0.1, -0.05) is 0 Å². The van der Waals surface area contributed by atoms with Gasteiger partial charge in [0, 0.05) is 25.3 Å². The quantitative estimate of drug-likeness (QED) is 0.839. The van der Waals surface area contributed by atoms with Gasteiger partial charge in [0.15, 0.2) is 0 Å². The minimum Gasteiger partial charge on any atom is -0.508 e. The lowest BCUT2D eigenvalue weighted by atomic mass is 10.1. The molecule has 1 unspecified atom stereocenters. The lowest BCUT2D eigenvalue weighted by Crippen LogP contribution is -2.39. The van der Waals surface area contributed by atoms with Crippen molar-refractivity contribution in [3.8, 4) is 11.5 Å². The number of phenolic OH excluding ortho intramolecular Hbond substituents is 1. The molecular formula is C13H19NO3. The van der Waals surface area contributed by atoms with Crippen LogP contribution in [0, 0.1) is 0 Å². The van der Waals surface area contributed by atoms with Gasteiger partial charge in [-0.3, -0.25) is 0 Å². The standard InChI is InChI=1S/C13H19NO3/c1-13(2,16-3)8-14-11-7-17-12-6-9(15)4-5-10(11)12/h4-6,11,14-15H,7-8H2,1-3H3. The van der Waals surface area contributed by atoms with E-state index in [-0.39, 0.29) is 17.4 Å². The molecule has 1 aliphatic rings. The van der Waals surface area contributed by atoms with Gasteiger partial charge in [0.1, 0.15) is 18.1 Å². The van der Waals surface area contributed by atoms with E-state index in [4.69, 9.17) is 9.47 Å². The van der Waals surface area contributed by atoms with Crippen molar-refractivity contribution in [2.75, 3.05) is 20.3 Å². The number of benzene rings is 1. The summed E-state index contributed by atoms with van der Waals surface area (Å²) in [6.45, 7) is 5.41. The van der Waals surface area contributed by atoms with E-state index < -0.39 is 0 Å². The second kappa shape index (κ2) is 4.55. The Morgan fingerprint density at radius 2 is 2.29 bits per heavy atom. The van der Waals surface area contributed by atoms with Crippen molar-refractivity contribution in [3.05, 3.63) is 23.8 Å². The first-order valence-electron chi connectivity index (χ1n) is 5.76. The Morgan fingerprint density at radius 1 is 1.53 bits per heavy atom. The monoisotopic (exact) mass is 237 g/mol. The third kappa shape index (κ3) is 2.70. The lowest BCUT2D eigenvalue weighted by Gasteiger charge is -2.25. The van der Waals surface area contributed by atoms with E-state index in [0.717, 1.165) is 17.9 Å². The van der Waals surface area contributed by atoms with Gasteiger partial charge in [-0.05, 0) is 26.0 Å². The van der Waals surface area contributed by atoms with Crippen LogP contribution >= 0.6 is 0 Å². The highest BCUT2D eigenvalue weighted by molar-refractivity contribution is 5.44. The minimum atomic E-state index is -0.195. The number of nitrogens with one attached hydrogen (secondary N) is 1. The van der Waals surface area contributed by atoms with Crippen molar-refractivity contribution in [2.24, 2.45) is 0 Å². The average Bonchev–Trinajstić information content (AvgIpc) is 2.69. The number of hydrogen-bond donors (Lipinski definition) is 2. The summed E-state index contributed by atoms with van der Waals surface area (Å²) < 4.78 is 10.9. The van der Waals surface area contributed by atoms with Gasteiger partial charge >= 0.3 is 0 Å². The first kappa shape index (κ1) is 12.2. The summed E-state index contributed by atoms with van der Waals surface area (Å²) >= 11 is 0. The predicted molar refractivity (Wildman–Crippen MR) is 65.4 cm³/mol. The van der Waals surface area contributed by atoms with Crippen LogP contribution in [0.2, 0.25) is 0 Å². The summed E-state index contributed by atoms with van der Waals surface area (Å²) in [6.07, 6.45) is 0. The molecule has 1 heterocycles. The molecule has 2 rings (SSSR count). The van der Waals surface area contributed by atoms with Gasteiger partial charge in [0.25, 0.3) is 0 Å². The smallest absolute Gasteiger partial charge is 0.127 e. The van der Waals surface area contributed by atoms with E-state index in [0.29, 0.717) is 6.61 Å². The molecule has 1 atom stereocenters. The van der Waals surface area contributed by atoms with Gasteiger partial charge in [-0.15, -0.1) is 0 Å². The fourth-order valence-electron chi connectivity index (χ4n) is 1.81. The molecule has 0 bridgehead atoms. The van der Waals surface area contributed by atoms with Crippen LogP contribution in [-0.2, 0) is 4.74 Å². The normalized spacial score (nSPS) is 18.9.